The lowest BCUT2D eigenvalue weighted by atomic mass is 10.0. The van der Waals surface area contributed by atoms with Crippen LogP contribution in [-0.2, 0) is 6.54 Å². The normalized spacial score (nSPS) is 13.1. The van der Waals surface area contributed by atoms with Crippen molar-refractivity contribution in [3.63, 3.8) is 0 Å². The molecule has 0 saturated heterocycles. The third-order valence-electron chi connectivity index (χ3n) is 2.45. The summed E-state index contributed by atoms with van der Waals surface area (Å²) in [7, 11) is 0. The second-order valence-corrected chi connectivity index (χ2v) is 6.04. The van der Waals surface area contributed by atoms with Gasteiger partial charge in [-0.05, 0) is 52.6 Å². The van der Waals surface area contributed by atoms with E-state index in [2.05, 4.69) is 66.0 Å². The zero-order valence-electron chi connectivity index (χ0n) is 9.84. The van der Waals surface area contributed by atoms with Crippen LogP contribution in [-0.4, -0.2) is 11.9 Å². The molecular weight excluding hydrogens is 333 g/mol. The molecule has 1 atom stereocenters. The molecule has 0 saturated carbocycles. The summed E-state index contributed by atoms with van der Waals surface area (Å²) in [6.45, 7) is 5.36. The van der Waals surface area contributed by atoms with Crippen molar-refractivity contribution >= 4 is 34.2 Å². The topological polar surface area (TPSA) is 12.0 Å². The number of rotatable bonds is 6. The first-order valence-corrected chi connectivity index (χ1v) is 7.27. The molecule has 1 N–H and O–H groups in total. The van der Waals surface area contributed by atoms with Gasteiger partial charge in [0.05, 0.1) is 0 Å². The fourth-order valence-corrected chi connectivity index (χ4v) is 2.23. The summed E-state index contributed by atoms with van der Waals surface area (Å²) in [6.07, 6.45) is 1.13. The molecule has 0 aliphatic rings. The third-order valence-corrected chi connectivity index (χ3v) is 3.54. The van der Waals surface area contributed by atoms with Crippen molar-refractivity contribution in [2.75, 3.05) is 5.88 Å². The Morgan fingerprint density at radius 2 is 1.88 bits per heavy atom. The molecule has 1 aromatic rings. The van der Waals surface area contributed by atoms with Gasteiger partial charge >= 0.3 is 0 Å². The van der Waals surface area contributed by atoms with Gasteiger partial charge in [0.25, 0.3) is 0 Å². The van der Waals surface area contributed by atoms with Crippen LogP contribution in [0.1, 0.15) is 25.8 Å². The van der Waals surface area contributed by atoms with Gasteiger partial charge in [-0.1, -0.05) is 26.0 Å². The fraction of sp³-hybridized carbons (Fsp3) is 0.538. The largest absolute Gasteiger partial charge is 0.309 e. The van der Waals surface area contributed by atoms with Crippen LogP contribution in [0.4, 0.5) is 0 Å². The number of hydrogen-bond acceptors (Lipinski definition) is 1. The molecule has 16 heavy (non-hydrogen) atoms. The highest BCUT2D eigenvalue weighted by Crippen LogP contribution is 2.09. The number of alkyl halides is 1. The molecule has 1 nitrogen and oxygen atoms in total. The van der Waals surface area contributed by atoms with Crippen LogP contribution < -0.4 is 5.32 Å². The molecule has 3 heteroatoms. The van der Waals surface area contributed by atoms with E-state index >= 15 is 0 Å². The molecule has 0 aromatic heterocycles. The number of nitrogens with one attached hydrogen (secondary N) is 1. The van der Waals surface area contributed by atoms with Crippen molar-refractivity contribution in [3.05, 3.63) is 33.4 Å². The molecule has 90 valence electrons. The Morgan fingerprint density at radius 3 is 2.38 bits per heavy atom. The molecule has 0 fully saturated rings. The van der Waals surface area contributed by atoms with Crippen LogP contribution in [0.3, 0.4) is 0 Å². The van der Waals surface area contributed by atoms with Gasteiger partial charge in [0.15, 0.2) is 0 Å². The number of hydrogen-bond donors (Lipinski definition) is 1. The molecule has 0 amide bonds. The maximum atomic E-state index is 5.94. The highest BCUT2D eigenvalue weighted by atomic mass is 127. The summed E-state index contributed by atoms with van der Waals surface area (Å²) in [5.41, 5.74) is 1.32. The minimum absolute atomic E-state index is 0.418. The van der Waals surface area contributed by atoms with Crippen LogP contribution in [0, 0.1) is 9.49 Å². The lowest BCUT2D eigenvalue weighted by Crippen LogP contribution is -2.31. The average Bonchev–Trinajstić information content (AvgIpc) is 2.26. The Kier molecular flexibility index (Phi) is 6.70. The van der Waals surface area contributed by atoms with E-state index in [9.17, 15) is 0 Å². The summed E-state index contributed by atoms with van der Waals surface area (Å²) in [6, 6.07) is 9.01. The summed E-state index contributed by atoms with van der Waals surface area (Å²) >= 11 is 8.26. The lowest BCUT2D eigenvalue weighted by molar-refractivity contribution is 0.445. The smallest absolute Gasteiger partial charge is 0.0377 e. The first kappa shape index (κ1) is 14.3. The molecule has 1 unspecified atom stereocenters. The van der Waals surface area contributed by atoms with Crippen molar-refractivity contribution in [2.45, 2.75) is 32.9 Å². The summed E-state index contributed by atoms with van der Waals surface area (Å²) in [5.74, 6) is 1.37. The van der Waals surface area contributed by atoms with Crippen molar-refractivity contribution in [3.8, 4) is 0 Å². The predicted molar refractivity (Wildman–Crippen MR) is 80.0 cm³/mol. The van der Waals surface area contributed by atoms with Gasteiger partial charge in [-0.15, -0.1) is 11.6 Å². The van der Waals surface area contributed by atoms with E-state index in [-0.39, 0.29) is 0 Å². The molecule has 0 bridgehead atoms. The van der Waals surface area contributed by atoms with E-state index in [0.29, 0.717) is 17.8 Å². The third kappa shape index (κ3) is 5.51. The van der Waals surface area contributed by atoms with Crippen molar-refractivity contribution in [1.29, 1.82) is 0 Å². The molecular formula is C13H19ClIN. The second kappa shape index (κ2) is 7.51. The molecule has 0 heterocycles. The molecule has 1 aromatic carbocycles. The van der Waals surface area contributed by atoms with Gasteiger partial charge in [-0.2, -0.15) is 0 Å². The highest BCUT2D eigenvalue weighted by molar-refractivity contribution is 14.1. The minimum Gasteiger partial charge on any atom is -0.309 e. The van der Waals surface area contributed by atoms with E-state index in [0.717, 1.165) is 13.0 Å². The zero-order valence-corrected chi connectivity index (χ0v) is 12.8. The van der Waals surface area contributed by atoms with Crippen LogP contribution in [0.25, 0.3) is 0 Å². The second-order valence-electron chi connectivity index (χ2n) is 4.49. The van der Waals surface area contributed by atoms with Crippen LogP contribution in [0.5, 0.6) is 0 Å². The SMILES string of the molecule is CC(C)CC(CCl)NCc1ccc(I)cc1. The van der Waals surface area contributed by atoms with Gasteiger partial charge in [0, 0.05) is 22.0 Å². The van der Waals surface area contributed by atoms with Crippen molar-refractivity contribution in [1.82, 2.24) is 5.32 Å². The van der Waals surface area contributed by atoms with E-state index < -0.39 is 0 Å². The fourth-order valence-electron chi connectivity index (χ4n) is 1.63. The van der Waals surface area contributed by atoms with Crippen molar-refractivity contribution < 1.29 is 0 Å². The summed E-state index contributed by atoms with van der Waals surface area (Å²) < 4.78 is 1.28. The Balaban J connectivity index is 2.40. The predicted octanol–water partition coefficient (Wildman–Crippen LogP) is 4.03. The van der Waals surface area contributed by atoms with Gasteiger partial charge in [0.1, 0.15) is 0 Å². The average molecular weight is 352 g/mol. The number of benzene rings is 1. The zero-order chi connectivity index (χ0) is 12.0. The van der Waals surface area contributed by atoms with E-state index in [1.807, 2.05) is 0 Å². The maximum absolute atomic E-state index is 5.94. The Bertz CT molecular complexity index is 297. The van der Waals surface area contributed by atoms with Crippen molar-refractivity contribution in [2.24, 2.45) is 5.92 Å². The standard InChI is InChI=1S/C13H19ClIN/c1-10(2)7-13(8-14)16-9-11-3-5-12(15)6-4-11/h3-6,10,13,16H,7-9H2,1-2H3. The van der Waals surface area contributed by atoms with E-state index in [1.165, 1.54) is 9.13 Å². The first-order valence-electron chi connectivity index (χ1n) is 5.65. The molecule has 1 rings (SSSR count). The Labute approximate surface area is 117 Å². The van der Waals surface area contributed by atoms with Gasteiger partial charge in [-0.25, -0.2) is 0 Å². The summed E-state index contributed by atoms with van der Waals surface area (Å²) in [4.78, 5) is 0. The quantitative estimate of drug-likeness (QED) is 0.602. The molecule has 0 aliphatic carbocycles. The highest BCUT2D eigenvalue weighted by Gasteiger charge is 2.08. The van der Waals surface area contributed by atoms with Crippen LogP contribution in [0.15, 0.2) is 24.3 Å². The minimum atomic E-state index is 0.418. The van der Waals surface area contributed by atoms with Gasteiger partial charge < -0.3 is 5.32 Å². The maximum Gasteiger partial charge on any atom is 0.0377 e. The molecule has 0 aliphatic heterocycles. The Hall–Kier alpha value is 0.200. The van der Waals surface area contributed by atoms with E-state index in [4.69, 9.17) is 11.6 Å². The number of halogens is 2. The van der Waals surface area contributed by atoms with Crippen LogP contribution in [0.2, 0.25) is 0 Å². The first-order chi connectivity index (χ1) is 7.61. The molecule has 0 spiro atoms. The van der Waals surface area contributed by atoms with Gasteiger partial charge in [-0.3, -0.25) is 0 Å². The van der Waals surface area contributed by atoms with Crippen LogP contribution >= 0.6 is 34.2 Å². The molecule has 0 radical (unpaired) electrons. The van der Waals surface area contributed by atoms with E-state index in [1.54, 1.807) is 0 Å². The lowest BCUT2D eigenvalue weighted by Gasteiger charge is -2.18. The Morgan fingerprint density at radius 1 is 1.25 bits per heavy atom. The monoisotopic (exact) mass is 351 g/mol. The van der Waals surface area contributed by atoms with Gasteiger partial charge in [0.2, 0.25) is 0 Å². The summed E-state index contributed by atoms with van der Waals surface area (Å²) in [5, 5.41) is 3.50.